The largest absolute Gasteiger partial charge is 0.395 e. The van der Waals surface area contributed by atoms with Crippen molar-refractivity contribution in [2.75, 3.05) is 62.9 Å². The summed E-state index contributed by atoms with van der Waals surface area (Å²) in [6.07, 6.45) is 1.98. The van der Waals surface area contributed by atoms with Crippen molar-refractivity contribution >= 4 is 23.4 Å². The lowest BCUT2D eigenvalue weighted by Gasteiger charge is -2.35. The first kappa shape index (κ1) is 14.4. The second-order valence-corrected chi connectivity index (χ2v) is 5.17. The van der Waals surface area contributed by atoms with Crippen LogP contribution in [-0.2, 0) is 0 Å². The molecule has 6 nitrogen and oxygen atoms in total. The number of hydrogen-bond acceptors (Lipinski definition) is 7. The summed E-state index contributed by atoms with van der Waals surface area (Å²) >= 11 is 1.55. The van der Waals surface area contributed by atoms with E-state index < -0.39 is 0 Å². The predicted molar refractivity (Wildman–Crippen MR) is 79.1 cm³/mol. The molecule has 1 saturated heterocycles. The third-order valence-electron chi connectivity index (χ3n) is 3.24. The Morgan fingerprint density at radius 3 is 2.63 bits per heavy atom. The van der Waals surface area contributed by atoms with Crippen molar-refractivity contribution in [1.82, 2.24) is 14.9 Å². The number of nitrogens with one attached hydrogen (secondary N) is 1. The molecule has 1 aromatic rings. The van der Waals surface area contributed by atoms with Crippen LogP contribution in [0.1, 0.15) is 0 Å². The van der Waals surface area contributed by atoms with E-state index in [1.807, 2.05) is 19.4 Å². The van der Waals surface area contributed by atoms with Gasteiger partial charge < -0.3 is 15.3 Å². The number of β-amino-alcohol motifs (C(OH)–C–C–N with tert-alkyl or cyclic N) is 1. The van der Waals surface area contributed by atoms with Gasteiger partial charge in [-0.25, -0.2) is 9.97 Å². The van der Waals surface area contributed by atoms with Crippen LogP contribution in [0.15, 0.2) is 11.2 Å². The van der Waals surface area contributed by atoms with Gasteiger partial charge in [-0.1, -0.05) is 11.8 Å². The molecule has 0 atom stereocenters. The molecular weight excluding hydrogens is 262 g/mol. The number of aliphatic hydroxyl groups excluding tert-OH is 1. The van der Waals surface area contributed by atoms with Crippen LogP contribution in [0.25, 0.3) is 0 Å². The molecular formula is C12H21N5OS. The van der Waals surface area contributed by atoms with Crippen LogP contribution in [0.2, 0.25) is 0 Å². The zero-order chi connectivity index (χ0) is 13.7. The SMILES string of the molecule is CNc1cc(N2CCN(CCO)CC2)nc(SC)n1. The van der Waals surface area contributed by atoms with E-state index in [-0.39, 0.29) is 6.61 Å². The molecule has 0 radical (unpaired) electrons. The Morgan fingerprint density at radius 1 is 1.32 bits per heavy atom. The highest BCUT2D eigenvalue weighted by molar-refractivity contribution is 7.98. The minimum absolute atomic E-state index is 0.230. The van der Waals surface area contributed by atoms with Gasteiger partial charge in [0, 0.05) is 45.8 Å². The topological polar surface area (TPSA) is 64.5 Å². The first-order valence-corrected chi connectivity index (χ1v) is 7.68. The van der Waals surface area contributed by atoms with E-state index >= 15 is 0 Å². The van der Waals surface area contributed by atoms with Gasteiger partial charge in [-0.3, -0.25) is 4.90 Å². The Morgan fingerprint density at radius 2 is 2.05 bits per heavy atom. The zero-order valence-electron chi connectivity index (χ0n) is 11.5. The number of aromatic nitrogens is 2. The molecule has 1 aromatic heterocycles. The Kier molecular flexibility index (Phi) is 5.24. The minimum atomic E-state index is 0.230. The molecule has 2 N–H and O–H groups in total. The highest BCUT2D eigenvalue weighted by Crippen LogP contribution is 2.21. The third-order valence-corrected chi connectivity index (χ3v) is 3.79. The van der Waals surface area contributed by atoms with E-state index in [9.17, 15) is 0 Å². The van der Waals surface area contributed by atoms with Crippen molar-refractivity contribution in [3.63, 3.8) is 0 Å². The molecule has 0 saturated carbocycles. The van der Waals surface area contributed by atoms with Gasteiger partial charge in [0.1, 0.15) is 11.6 Å². The van der Waals surface area contributed by atoms with Crippen molar-refractivity contribution in [2.45, 2.75) is 5.16 Å². The first-order chi connectivity index (χ1) is 9.26. The lowest BCUT2D eigenvalue weighted by atomic mass is 10.3. The number of nitrogens with zero attached hydrogens (tertiary/aromatic N) is 4. The van der Waals surface area contributed by atoms with Crippen LogP contribution < -0.4 is 10.2 Å². The lowest BCUT2D eigenvalue weighted by Crippen LogP contribution is -2.47. The number of thioether (sulfide) groups is 1. The number of hydrogen-bond donors (Lipinski definition) is 2. The van der Waals surface area contributed by atoms with Gasteiger partial charge >= 0.3 is 0 Å². The molecule has 2 heterocycles. The summed E-state index contributed by atoms with van der Waals surface area (Å²) < 4.78 is 0. The molecule has 0 amide bonds. The molecule has 0 spiro atoms. The monoisotopic (exact) mass is 283 g/mol. The molecule has 19 heavy (non-hydrogen) atoms. The van der Waals surface area contributed by atoms with E-state index in [1.54, 1.807) is 11.8 Å². The van der Waals surface area contributed by atoms with Crippen molar-refractivity contribution < 1.29 is 5.11 Å². The van der Waals surface area contributed by atoms with Gasteiger partial charge in [0.25, 0.3) is 0 Å². The fraction of sp³-hybridized carbons (Fsp3) is 0.667. The van der Waals surface area contributed by atoms with Gasteiger partial charge in [0.05, 0.1) is 6.61 Å². The van der Waals surface area contributed by atoms with E-state index in [4.69, 9.17) is 5.11 Å². The second-order valence-electron chi connectivity index (χ2n) is 4.40. The molecule has 2 rings (SSSR count). The number of anilines is 2. The summed E-state index contributed by atoms with van der Waals surface area (Å²) in [5.41, 5.74) is 0. The molecule has 1 fully saturated rings. The normalized spacial score (nSPS) is 16.7. The van der Waals surface area contributed by atoms with E-state index in [1.165, 1.54) is 0 Å². The first-order valence-electron chi connectivity index (χ1n) is 6.46. The second kappa shape index (κ2) is 6.93. The molecule has 0 aromatic carbocycles. The summed E-state index contributed by atoms with van der Waals surface area (Å²) in [7, 11) is 1.87. The Bertz CT molecular complexity index is 387. The summed E-state index contributed by atoms with van der Waals surface area (Å²) in [6.45, 7) is 4.80. The fourth-order valence-electron chi connectivity index (χ4n) is 2.14. The Labute approximate surface area is 118 Å². The molecule has 1 aliphatic rings. The van der Waals surface area contributed by atoms with Gasteiger partial charge in [0.2, 0.25) is 0 Å². The molecule has 106 valence electrons. The standard InChI is InChI=1S/C12H21N5OS/c1-13-10-9-11(15-12(14-10)19-2)17-5-3-16(4-6-17)7-8-18/h9,18H,3-8H2,1-2H3,(H,13,14,15). The molecule has 7 heteroatoms. The van der Waals surface area contributed by atoms with Crippen LogP contribution >= 0.6 is 11.8 Å². The maximum Gasteiger partial charge on any atom is 0.191 e. The highest BCUT2D eigenvalue weighted by Gasteiger charge is 2.18. The Hall–Kier alpha value is -1.05. The Balaban J connectivity index is 2.06. The van der Waals surface area contributed by atoms with Crippen LogP contribution in [0.4, 0.5) is 11.6 Å². The van der Waals surface area contributed by atoms with Crippen LogP contribution in [0.5, 0.6) is 0 Å². The van der Waals surface area contributed by atoms with Crippen molar-refractivity contribution in [2.24, 2.45) is 0 Å². The van der Waals surface area contributed by atoms with Crippen LogP contribution in [-0.4, -0.2) is 72.6 Å². The lowest BCUT2D eigenvalue weighted by molar-refractivity contribution is 0.188. The van der Waals surface area contributed by atoms with Gasteiger partial charge in [0.15, 0.2) is 5.16 Å². The highest BCUT2D eigenvalue weighted by atomic mass is 32.2. The number of aliphatic hydroxyl groups is 1. The summed E-state index contributed by atoms with van der Waals surface area (Å²) in [4.78, 5) is 13.5. The number of piperazine rings is 1. The molecule has 0 unspecified atom stereocenters. The van der Waals surface area contributed by atoms with Gasteiger partial charge in [-0.2, -0.15) is 0 Å². The summed E-state index contributed by atoms with van der Waals surface area (Å²) in [6, 6.07) is 1.99. The maximum absolute atomic E-state index is 8.95. The predicted octanol–water partition coefficient (Wildman–Crippen LogP) is 0.354. The van der Waals surface area contributed by atoms with Crippen LogP contribution in [0, 0.1) is 0 Å². The average molecular weight is 283 g/mol. The molecule has 1 aliphatic heterocycles. The summed E-state index contributed by atoms with van der Waals surface area (Å²) in [5, 5.41) is 12.8. The van der Waals surface area contributed by atoms with Gasteiger partial charge in [-0.05, 0) is 6.26 Å². The van der Waals surface area contributed by atoms with Crippen molar-refractivity contribution in [1.29, 1.82) is 0 Å². The average Bonchev–Trinajstić information content (AvgIpc) is 2.47. The van der Waals surface area contributed by atoms with E-state index in [0.29, 0.717) is 0 Å². The molecule has 0 bridgehead atoms. The maximum atomic E-state index is 8.95. The fourth-order valence-corrected chi connectivity index (χ4v) is 2.51. The summed E-state index contributed by atoms with van der Waals surface area (Å²) in [5.74, 6) is 1.83. The van der Waals surface area contributed by atoms with E-state index in [0.717, 1.165) is 49.5 Å². The van der Waals surface area contributed by atoms with Crippen molar-refractivity contribution in [3.8, 4) is 0 Å². The minimum Gasteiger partial charge on any atom is -0.395 e. The smallest absolute Gasteiger partial charge is 0.191 e. The third kappa shape index (κ3) is 3.71. The molecule has 0 aliphatic carbocycles. The number of rotatable bonds is 5. The van der Waals surface area contributed by atoms with Crippen LogP contribution in [0.3, 0.4) is 0 Å². The van der Waals surface area contributed by atoms with Crippen molar-refractivity contribution in [3.05, 3.63) is 6.07 Å². The quantitative estimate of drug-likeness (QED) is 0.597. The zero-order valence-corrected chi connectivity index (χ0v) is 12.3. The van der Waals surface area contributed by atoms with E-state index in [2.05, 4.69) is 25.1 Å². The van der Waals surface area contributed by atoms with Gasteiger partial charge in [-0.15, -0.1) is 0 Å².